The van der Waals surface area contributed by atoms with E-state index in [1.807, 2.05) is 24.3 Å². The van der Waals surface area contributed by atoms with Crippen molar-refractivity contribution in [3.05, 3.63) is 101 Å². The first-order valence-electron chi connectivity index (χ1n) is 10.7. The van der Waals surface area contributed by atoms with Crippen LogP contribution in [0.5, 0.6) is 5.75 Å². The van der Waals surface area contributed by atoms with Crippen LogP contribution >= 0.6 is 0 Å². The highest BCUT2D eigenvalue weighted by Crippen LogP contribution is 2.44. The summed E-state index contributed by atoms with van der Waals surface area (Å²) in [6.45, 7) is 2.09. The van der Waals surface area contributed by atoms with E-state index in [-0.39, 0.29) is 17.7 Å². The Morgan fingerprint density at radius 2 is 1.65 bits per heavy atom. The van der Waals surface area contributed by atoms with Gasteiger partial charge in [-0.25, -0.2) is 0 Å². The van der Waals surface area contributed by atoms with E-state index in [0.717, 1.165) is 40.4 Å². The summed E-state index contributed by atoms with van der Waals surface area (Å²) >= 11 is 0. The number of ketones is 1. The standard InChI is InChI=1S/C27H26N2O2/c1-17-6-5-7-19(14-17)27-26-24(28-22-8-3-4-9-23(22)29-27)15-20(16-25(26)30)18-10-12-21(31-2)13-11-18/h3-14,20,27-29H,15-16H2,1-2H3. The Bertz CT molecular complexity index is 1160. The van der Waals surface area contributed by atoms with Crippen molar-refractivity contribution in [3.8, 4) is 5.75 Å². The lowest BCUT2D eigenvalue weighted by molar-refractivity contribution is -0.116. The summed E-state index contributed by atoms with van der Waals surface area (Å²) in [6, 6.07) is 24.5. The number of methoxy groups -OCH3 is 1. The number of para-hydroxylation sites is 2. The summed E-state index contributed by atoms with van der Waals surface area (Å²) in [5, 5.41) is 7.24. The fourth-order valence-corrected chi connectivity index (χ4v) is 4.70. The van der Waals surface area contributed by atoms with Crippen LogP contribution in [0.25, 0.3) is 0 Å². The molecule has 2 unspecified atom stereocenters. The number of nitrogens with one attached hydrogen (secondary N) is 2. The minimum atomic E-state index is -0.171. The van der Waals surface area contributed by atoms with E-state index < -0.39 is 0 Å². The maximum absolute atomic E-state index is 13.5. The molecule has 3 aromatic rings. The van der Waals surface area contributed by atoms with E-state index >= 15 is 0 Å². The van der Waals surface area contributed by atoms with E-state index in [1.54, 1.807) is 7.11 Å². The Hall–Kier alpha value is -3.53. The monoisotopic (exact) mass is 410 g/mol. The summed E-state index contributed by atoms with van der Waals surface area (Å²) in [7, 11) is 1.67. The third-order valence-corrected chi connectivity index (χ3v) is 6.27. The third kappa shape index (κ3) is 3.70. The number of fused-ring (bicyclic) bond motifs is 1. The molecule has 0 radical (unpaired) electrons. The Kier molecular flexibility index (Phi) is 4.99. The van der Waals surface area contributed by atoms with Crippen LogP contribution in [-0.4, -0.2) is 12.9 Å². The average molecular weight is 411 g/mol. The second-order valence-corrected chi connectivity index (χ2v) is 8.36. The molecule has 1 aliphatic heterocycles. The largest absolute Gasteiger partial charge is 0.497 e. The molecule has 0 fully saturated rings. The van der Waals surface area contributed by atoms with E-state index in [0.29, 0.717) is 6.42 Å². The summed E-state index contributed by atoms with van der Waals surface area (Å²) in [5.41, 5.74) is 7.35. The summed E-state index contributed by atoms with van der Waals surface area (Å²) < 4.78 is 5.29. The third-order valence-electron chi connectivity index (χ3n) is 6.27. The van der Waals surface area contributed by atoms with Crippen molar-refractivity contribution in [3.63, 3.8) is 0 Å². The van der Waals surface area contributed by atoms with Gasteiger partial charge in [-0.2, -0.15) is 0 Å². The molecule has 31 heavy (non-hydrogen) atoms. The quantitative estimate of drug-likeness (QED) is 0.557. The topological polar surface area (TPSA) is 50.4 Å². The van der Waals surface area contributed by atoms with Gasteiger partial charge in [0.2, 0.25) is 0 Å². The summed E-state index contributed by atoms with van der Waals surface area (Å²) in [4.78, 5) is 13.5. The number of hydrogen-bond donors (Lipinski definition) is 2. The summed E-state index contributed by atoms with van der Waals surface area (Å²) in [5.74, 6) is 1.17. The normalized spacial score (nSPS) is 20.1. The first-order chi connectivity index (χ1) is 15.1. The molecule has 0 saturated heterocycles. The minimum Gasteiger partial charge on any atom is -0.497 e. The van der Waals surface area contributed by atoms with Gasteiger partial charge in [0.05, 0.1) is 24.5 Å². The molecule has 0 saturated carbocycles. The molecule has 0 spiro atoms. The van der Waals surface area contributed by atoms with Crippen molar-refractivity contribution in [2.45, 2.75) is 31.7 Å². The van der Waals surface area contributed by atoms with E-state index in [9.17, 15) is 4.79 Å². The van der Waals surface area contributed by atoms with Crippen molar-refractivity contribution in [1.29, 1.82) is 0 Å². The molecule has 4 heteroatoms. The molecule has 1 heterocycles. The molecule has 2 N–H and O–H groups in total. The SMILES string of the molecule is COc1ccc(C2CC(=O)C3=C(C2)Nc2ccccc2NC3c2cccc(C)c2)cc1. The Labute approximate surface area is 183 Å². The van der Waals surface area contributed by atoms with Crippen molar-refractivity contribution >= 4 is 17.2 Å². The van der Waals surface area contributed by atoms with Crippen molar-refractivity contribution in [2.24, 2.45) is 0 Å². The number of ether oxygens (including phenoxy) is 1. The highest BCUT2D eigenvalue weighted by atomic mass is 16.5. The Balaban J connectivity index is 1.58. The summed E-state index contributed by atoms with van der Waals surface area (Å²) in [6.07, 6.45) is 1.30. The average Bonchev–Trinajstić information content (AvgIpc) is 2.96. The van der Waals surface area contributed by atoms with Gasteiger partial charge in [-0.05, 0) is 54.7 Å². The van der Waals surface area contributed by atoms with Gasteiger partial charge in [0.25, 0.3) is 0 Å². The second-order valence-electron chi connectivity index (χ2n) is 8.36. The molecule has 1 aliphatic carbocycles. The van der Waals surface area contributed by atoms with Gasteiger partial charge < -0.3 is 15.4 Å². The molecule has 156 valence electrons. The number of anilines is 2. The second kappa shape index (κ2) is 7.95. The van der Waals surface area contributed by atoms with Crippen LogP contribution in [0.3, 0.4) is 0 Å². The Morgan fingerprint density at radius 1 is 0.871 bits per heavy atom. The van der Waals surface area contributed by atoms with Crippen LogP contribution in [0, 0.1) is 6.92 Å². The predicted molar refractivity (Wildman–Crippen MR) is 125 cm³/mol. The van der Waals surface area contributed by atoms with Gasteiger partial charge in [0.15, 0.2) is 5.78 Å². The minimum absolute atomic E-state index is 0.146. The van der Waals surface area contributed by atoms with Crippen molar-refractivity contribution in [2.75, 3.05) is 17.7 Å². The van der Waals surface area contributed by atoms with E-state index in [2.05, 4.69) is 66.1 Å². The number of carbonyl (C=O) groups is 1. The van der Waals surface area contributed by atoms with Crippen LogP contribution in [0.4, 0.5) is 11.4 Å². The fraction of sp³-hybridized carbons (Fsp3) is 0.222. The molecule has 5 rings (SSSR count). The van der Waals surface area contributed by atoms with Gasteiger partial charge in [-0.3, -0.25) is 4.79 Å². The maximum atomic E-state index is 13.5. The van der Waals surface area contributed by atoms with Crippen LogP contribution in [0.1, 0.15) is 41.5 Å². The number of allylic oxidation sites excluding steroid dienone is 1. The molecule has 0 aromatic heterocycles. The van der Waals surface area contributed by atoms with Crippen molar-refractivity contribution < 1.29 is 9.53 Å². The zero-order chi connectivity index (χ0) is 21.4. The van der Waals surface area contributed by atoms with E-state index in [4.69, 9.17) is 4.74 Å². The lowest BCUT2D eigenvalue weighted by atomic mass is 9.78. The van der Waals surface area contributed by atoms with Crippen LogP contribution in [0.2, 0.25) is 0 Å². The number of rotatable bonds is 3. The van der Waals surface area contributed by atoms with Gasteiger partial charge in [0, 0.05) is 17.7 Å². The van der Waals surface area contributed by atoms with Gasteiger partial charge >= 0.3 is 0 Å². The molecule has 2 atom stereocenters. The van der Waals surface area contributed by atoms with Crippen LogP contribution < -0.4 is 15.4 Å². The fourth-order valence-electron chi connectivity index (χ4n) is 4.70. The van der Waals surface area contributed by atoms with Gasteiger partial charge in [0.1, 0.15) is 5.75 Å². The first-order valence-corrected chi connectivity index (χ1v) is 10.7. The molecular weight excluding hydrogens is 384 g/mol. The van der Waals surface area contributed by atoms with Crippen LogP contribution in [-0.2, 0) is 4.79 Å². The number of hydrogen-bond acceptors (Lipinski definition) is 4. The van der Waals surface area contributed by atoms with Crippen LogP contribution in [0.15, 0.2) is 84.1 Å². The predicted octanol–water partition coefficient (Wildman–Crippen LogP) is 5.98. The van der Waals surface area contributed by atoms with Crippen molar-refractivity contribution in [1.82, 2.24) is 0 Å². The number of aryl methyl sites for hydroxylation is 1. The smallest absolute Gasteiger partial charge is 0.163 e. The zero-order valence-corrected chi connectivity index (χ0v) is 17.8. The number of Topliss-reactive ketones (excluding diaryl/α,β-unsaturated/α-hetero) is 1. The Morgan fingerprint density at radius 3 is 2.39 bits per heavy atom. The van der Waals surface area contributed by atoms with Gasteiger partial charge in [-0.1, -0.05) is 54.1 Å². The molecule has 4 nitrogen and oxygen atoms in total. The highest BCUT2D eigenvalue weighted by Gasteiger charge is 2.36. The lowest BCUT2D eigenvalue weighted by Gasteiger charge is -2.30. The number of carbonyl (C=O) groups excluding carboxylic acids is 1. The molecular formula is C27H26N2O2. The van der Waals surface area contributed by atoms with E-state index in [1.165, 1.54) is 11.1 Å². The zero-order valence-electron chi connectivity index (χ0n) is 17.8. The number of benzene rings is 3. The molecule has 2 aliphatic rings. The maximum Gasteiger partial charge on any atom is 0.163 e. The lowest BCUT2D eigenvalue weighted by Crippen LogP contribution is -2.26. The molecule has 0 amide bonds. The van der Waals surface area contributed by atoms with Gasteiger partial charge in [-0.15, -0.1) is 0 Å². The molecule has 3 aromatic carbocycles. The first kappa shape index (κ1) is 19.4. The highest BCUT2D eigenvalue weighted by molar-refractivity contribution is 6.01. The molecule has 0 bridgehead atoms.